The predicted molar refractivity (Wildman–Crippen MR) is 99.5 cm³/mol. The van der Waals surface area contributed by atoms with E-state index in [1.54, 1.807) is 0 Å². The minimum atomic E-state index is -4.74. The second kappa shape index (κ2) is 7.43. The van der Waals surface area contributed by atoms with E-state index in [4.69, 9.17) is 4.42 Å². The zero-order valence-corrected chi connectivity index (χ0v) is 16.1. The number of fused-ring (bicyclic) bond motifs is 1. The molecule has 0 atom stereocenters. The Kier molecular flexibility index (Phi) is 5.09. The molecule has 1 saturated heterocycles. The Labute approximate surface area is 165 Å². The maximum absolute atomic E-state index is 13.2. The topological polar surface area (TPSA) is 66.7 Å². The normalized spacial score (nSPS) is 17.1. The molecule has 2 aromatic carbocycles. The Morgan fingerprint density at radius 1 is 0.966 bits per heavy atom. The highest BCUT2D eigenvalue weighted by molar-refractivity contribution is 7.89. The monoisotopic (exact) mass is 425 g/mol. The van der Waals surface area contributed by atoms with E-state index in [0.717, 1.165) is 22.0 Å². The molecule has 0 saturated carbocycles. The van der Waals surface area contributed by atoms with Crippen molar-refractivity contribution >= 4 is 21.1 Å². The molecule has 29 heavy (non-hydrogen) atoms. The fourth-order valence-corrected chi connectivity index (χ4v) is 5.01. The molecular formula is C19H18F3N3O3S. The molecular weight excluding hydrogens is 407 g/mol. The minimum absolute atomic E-state index is 0.0920. The van der Waals surface area contributed by atoms with Gasteiger partial charge in [0.15, 0.2) is 5.58 Å². The summed E-state index contributed by atoms with van der Waals surface area (Å²) in [4.78, 5) is 5.65. The third kappa shape index (κ3) is 4.00. The molecule has 1 aliphatic rings. The SMILES string of the molecule is O=S(=O)(c1ccccc1C(F)(F)F)N1CCN(Cc2nc3ccccc3o2)CC1. The predicted octanol–water partition coefficient (Wildman–Crippen LogP) is 3.35. The van der Waals surface area contributed by atoms with Gasteiger partial charge in [-0.2, -0.15) is 17.5 Å². The van der Waals surface area contributed by atoms with Gasteiger partial charge in [-0.05, 0) is 24.3 Å². The van der Waals surface area contributed by atoms with Crippen molar-refractivity contribution in [2.75, 3.05) is 26.2 Å². The van der Waals surface area contributed by atoms with Crippen LogP contribution in [0.5, 0.6) is 0 Å². The Bertz CT molecular complexity index is 1090. The van der Waals surface area contributed by atoms with Gasteiger partial charge in [-0.1, -0.05) is 24.3 Å². The van der Waals surface area contributed by atoms with Gasteiger partial charge in [0.2, 0.25) is 15.9 Å². The Hall–Kier alpha value is -2.43. The fraction of sp³-hybridized carbons (Fsp3) is 0.316. The zero-order valence-electron chi connectivity index (χ0n) is 15.3. The molecule has 0 amide bonds. The summed E-state index contributed by atoms with van der Waals surface area (Å²) in [6.45, 7) is 1.32. The van der Waals surface area contributed by atoms with Gasteiger partial charge in [0.05, 0.1) is 17.0 Å². The molecule has 0 spiro atoms. The van der Waals surface area contributed by atoms with Gasteiger partial charge < -0.3 is 4.42 Å². The summed E-state index contributed by atoms with van der Waals surface area (Å²) in [6, 6.07) is 11.6. The van der Waals surface area contributed by atoms with E-state index in [1.807, 2.05) is 29.2 Å². The molecule has 4 rings (SSSR count). The van der Waals surface area contributed by atoms with Crippen molar-refractivity contribution in [2.24, 2.45) is 0 Å². The standard InChI is InChI=1S/C19H18F3N3O3S/c20-19(21,22)14-5-1-4-8-17(14)29(26,27)25-11-9-24(10-12-25)13-18-23-15-6-2-3-7-16(15)28-18/h1-8H,9-13H2. The van der Waals surface area contributed by atoms with Crippen molar-refractivity contribution in [3.63, 3.8) is 0 Å². The van der Waals surface area contributed by atoms with Gasteiger partial charge in [0, 0.05) is 26.2 Å². The van der Waals surface area contributed by atoms with Crippen LogP contribution in [0, 0.1) is 0 Å². The first-order valence-electron chi connectivity index (χ1n) is 8.98. The molecule has 0 N–H and O–H groups in total. The van der Waals surface area contributed by atoms with Crippen LogP contribution in [-0.2, 0) is 22.7 Å². The maximum atomic E-state index is 13.2. The number of piperazine rings is 1. The largest absolute Gasteiger partial charge is 0.439 e. The number of sulfonamides is 1. The van der Waals surface area contributed by atoms with Crippen LogP contribution in [0.3, 0.4) is 0 Å². The number of hydrogen-bond donors (Lipinski definition) is 0. The van der Waals surface area contributed by atoms with Crippen LogP contribution in [0.15, 0.2) is 57.8 Å². The molecule has 3 aromatic rings. The van der Waals surface area contributed by atoms with Gasteiger partial charge in [-0.3, -0.25) is 4.90 Å². The number of nitrogens with zero attached hydrogens (tertiary/aromatic N) is 3. The second-order valence-corrected chi connectivity index (χ2v) is 8.66. The first kappa shape index (κ1) is 19.9. The molecule has 2 heterocycles. The van der Waals surface area contributed by atoms with E-state index in [-0.39, 0.29) is 13.1 Å². The summed E-state index contributed by atoms with van der Waals surface area (Å²) in [7, 11) is -4.25. The second-order valence-electron chi connectivity index (χ2n) is 6.75. The van der Waals surface area contributed by atoms with Crippen LogP contribution < -0.4 is 0 Å². The summed E-state index contributed by atoms with van der Waals surface area (Å²) in [5.74, 6) is 0.518. The third-order valence-corrected chi connectivity index (χ3v) is 6.80. The first-order valence-corrected chi connectivity index (χ1v) is 10.4. The van der Waals surface area contributed by atoms with Gasteiger partial charge in [0.1, 0.15) is 5.52 Å². The van der Waals surface area contributed by atoms with E-state index in [9.17, 15) is 21.6 Å². The lowest BCUT2D eigenvalue weighted by Crippen LogP contribution is -2.48. The Morgan fingerprint density at radius 2 is 1.62 bits per heavy atom. The molecule has 1 fully saturated rings. The summed E-state index contributed by atoms with van der Waals surface area (Å²) in [5.41, 5.74) is 0.272. The molecule has 0 unspecified atom stereocenters. The molecule has 1 aliphatic heterocycles. The summed E-state index contributed by atoms with van der Waals surface area (Å²) >= 11 is 0. The summed E-state index contributed by atoms with van der Waals surface area (Å²) in [5, 5.41) is 0. The van der Waals surface area contributed by atoms with E-state index >= 15 is 0 Å². The van der Waals surface area contributed by atoms with Gasteiger partial charge in [-0.15, -0.1) is 0 Å². The smallest absolute Gasteiger partial charge is 0.417 e. The van der Waals surface area contributed by atoms with Crippen molar-refractivity contribution in [1.82, 2.24) is 14.2 Å². The highest BCUT2D eigenvalue weighted by Gasteiger charge is 2.39. The van der Waals surface area contributed by atoms with Gasteiger partial charge in [-0.25, -0.2) is 13.4 Å². The minimum Gasteiger partial charge on any atom is -0.439 e. The van der Waals surface area contributed by atoms with Crippen LogP contribution in [0.25, 0.3) is 11.1 Å². The number of halogens is 3. The third-order valence-electron chi connectivity index (χ3n) is 4.84. The Morgan fingerprint density at radius 3 is 2.31 bits per heavy atom. The highest BCUT2D eigenvalue weighted by Crippen LogP contribution is 2.35. The van der Waals surface area contributed by atoms with E-state index in [1.165, 1.54) is 12.1 Å². The highest BCUT2D eigenvalue weighted by atomic mass is 32.2. The van der Waals surface area contributed by atoms with Crippen molar-refractivity contribution in [3.05, 3.63) is 60.0 Å². The Balaban J connectivity index is 1.46. The molecule has 1 aromatic heterocycles. The number of oxazole rings is 1. The van der Waals surface area contributed by atoms with E-state index in [2.05, 4.69) is 4.98 Å². The molecule has 10 heteroatoms. The number of hydrogen-bond acceptors (Lipinski definition) is 5. The van der Waals surface area contributed by atoms with E-state index in [0.29, 0.717) is 31.1 Å². The quantitative estimate of drug-likeness (QED) is 0.641. The lowest BCUT2D eigenvalue weighted by Gasteiger charge is -2.33. The maximum Gasteiger partial charge on any atom is 0.417 e. The summed E-state index contributed by atoms with van der Waals surface area (Å²) < 4.78 is 72.1. The number of alkyl halides is 3. The first-order chi connectivity index (χ1) is 13.7. The number of para-hydroxylation sites is 2. The lowest BCUT2D eigenvalue weighted by molar-refractivity contribution is -0.139. The molecule has 6 nitrogen and oxygen atoms in total. The van der Waals surface area contributed by atoms with Crippen molar-refractivity contribution in [3.8, 4) is 0 Å². The van der Waals surface area contributed by atoms with Crippen LogP contribution >= 0.6 is 0 Å². The van der Waals surface area contributed by atoms with Crippen LogP contribution in [0.1, 0.15) is 11.5 Å². The number of rotatable bonds is 4. The van der Waals surface area contributed by atoms with Crippen molar-refractivity contribution < 1.29 is 26.0 Å². The van der Waals surface area contributed by atoms with Crippen LogP contribution in [-0.4, -0.2) is 48.8 Å². The van der Waals surface area contributed by atoms with Crippen molar-refractivity contribution in [1.29, 1.82) is 0 Å². The molecule has 0 bridgehead atoms. The summed E-state index contributed by atoms with van der Waals surface area (Å²) in [6.07, 6.45) is -4.74. The molecule has 154 valence electrons. The van der Waals surface area contributed by atoms with Crippen molar-refractivity contribution in [2.45, 2.75) is 17.6 Å². The molecule has 0 aliphatic carbocycles. The average molecular weight is 425 g/mol. The lowest BCUT2D eigenvalue weighted by atomic mass is 10.2. The van der Waals surface area contributed by atoms with Crippen LogP contribution in [0.2, 0.25) is 0 Å². The van der Waals surface area contributed by atoms with E-state index < -0.39 is 26.7 Å². The molecule has 0 radical (unpaired) electrons. The van der Waals surface area contributed by atoms with Gasteiger partial charge in [0.25, 0.3) is 0 Å². The number of benzene rings is 2. The van der Waals surface area contributed by atoms with Gasteiger partial charge >= 0.3 is 6.18 Å². The number of aromatic nitrogens is 1. The zero-order chi connectivity index (χ0) is 20.6. The van der Waals surface area contributed by atoms with Crippen LogP contribution in [0.4, 0.5) is 13.2 Å². The average Bonchev–Trinajstić information content (AvgIpc) is 3.10. The fourth-order valence-electron chi connectivity index (χ4n) is 3.37.